The average Bonchev–Trinajstić information content (AvgIpc) is 2.40. The predicted octanol–water partition coefficient (Wildman–Crippen LogP) is 0.825. The smallest absolute Gasteiger partial charge is 0.329 e. The van der Waals surface area contributed by atoms with Gasteiger partial charge >= 0.3 is 12.0 Å². The zero-order chi connectivity index (χ0) is 13.7. The molecule has 1 saturated carbocycles. The molecule has 0 unspecified atom stereocenters. The van der Waals surface area contributed by atoms with Crippen LogP contribution in [0.15, 0.2) is 0 Å². The highest BCUT2D eigenvalue weighted by Gasteiger charge is 2.41. The molecule has 1 aliphatic heterocycles. The van der Waals surface area contributed by atoms with Crippen LogP contribution in [0.1, 0.15) is 44.9 Å². The standard InChI is InChI=1S/C13H23N3O3/c17-11(18)13(6-2-1-3-7-13)16-12(19)15-10-4-8-14-9-5-10/h10,14H,1-9H2,(H,17,18)(H2,15,16,19). The molecule has 2 fully saturated rings. The number of carbonyl (C=O) groups excluding carboxylic acids is 1. The molecule has 1 saturated heterocycles. The summed E-state index contributed by atoms with van der Waals surface area (Å²) in [6.45, 7) is 1.80. The van der Waals surface area contributed by atoms with Crippen LogP contribution in [-0.2, 0) is 4.79 Å². The number of carboxylic acid groups (broad SMARTS) is 1. The van der Waals surface area contributed by atoms with Gasteiger partial charge in [0, 0.05) is 6.04 Å². The summed E-state index contributed by atoms with van der Waals surface area (Å²) in [6, 6.07) is -0.188. The normalized spacial score (nSPS) is 23.6. The summed E-state index contributed by atoms with van der Waals surface area (Å²) in [4.78, 5) is 23.4. The first-order valence-corrected chi connectivity index (χ1v) is 7.15. The van der Waals surface area contributed by atoms with Gasteiger partial charge in [-0.3, -0.25) is 0 Å². The molecule has 2 aliphatic rings. The molecule has 2 amide bonds. The number of urea groups is 1. The number of hydrogen-bond donors (Lipinski definition) is 4. The molecule has 1 heterocycles. The Bertz CT molecular complexity index is 334. The van der Waals surface area contributed by atoms with Gasteiger partial charge in [-0.05, 0) is 38.8 Å². The van der Waals surface area contributed by atoms with Crippen molar-refractivity contribution in [1.29, 1.82) is 0 Å². The lowest BCUT2D eigenvalue weighted by molar-refractivity contribution is -0.145. The van der Waals surface area contributed by atoms with E-state index in [1.54, 1.807) is 0 Å². The highest BCUT2D eigenvalue weighted by atomic mass is 16.4. The van der Waals surface area contributed by atoms with Crippen LogP contribution in [0.2, 0.25) is 0 Å². The lowest BCUT2D eigenvalue weighted by atomic mass is 9.82. The molecule has 1 aliphatic carbocycles. The summed E-state index contributed by atoms with van der Waals surface area (Å²) in [5, 5.41) is 18.2. The molecule has 0 aromatic heterocycles. The molecule has 4 N–H and O–H groups in total. The van der Waals surface area contributed by atoms with E-state index in [0.717, 1.165) is 45.2 Å². The quantitative estimate of drug-likeness (QED) is 0.610. The minimum absolute atomic E-state index is 0.149. The maximum Gasteiger partial charge on any atom is 0.329 e. The van der Waals surface area contributed by atoms with E-state index in [4.69, 9.17) is 0 Å². The van der Waals surface area contributed by atoms with Gasteiger partial charge in [-0.2, -0.15) is 0 Å². The molecule has 2 rings (SSSR count). The Balaban J connectivity index is 1.89. The van der Waals surface area contributed by atoms with Gasteiger partial charge in [0.1, 0.15) is 5.54 Å². The summed E-state index contributed by atoms with van der Waals surface area (Å²) in [5.41, 5.74) is -1.06. The summed E-state index contributed by atoms with van der Waals surface area (Å²) in [6.07, 6.45) is 5.62. The molecule has 6 heteroatoms. The maximum atomic E-state index is 12.0. The molecule has 19 heavy (non-hydrogen) atoms. The monoisotopic (exact) mass is 269 g/mol. The highest BCUT2D eigenvalue weighted by molar-refractivity contribution is 5.86. The van der Waals surface area contributed by atoms with E-state index in [-0.39, 0.29) is 12.1 Å². The molecule has 0 aromatic carbocycles. The third kappa shape index (κ3) is 3.59. The number of hydrogen-bond acceptors (Lipinski definition) is 3. The fourth-order valence-electron chi connectivity index (χ4n) is 2.95. The lowest BCUT2D eigenvalue weighted by Crippen LogP contribution is -2.59. The van der Waals surface area contributed by atoms with Crippen LogP contribution in [0.25, 0.3) is 0 Å². The Morgan fingerprint density at radius 2 is 1.74 bits per heavy atom. The van der Waals surface area contributed by atoms with Gasteiger partial charge in [0.15, 0.2) is 0 Å². The van der Waals surface area contributed by atoms with Gasteiger partial charge in [0.2, 0.25) is 0 Å². The van der Waals surface area contributed by atoms with Gasteiger partial charge in [-0.1, -0.05) is 19.3 Å². The Kier molecular flexibility index (Phi) is 4.63. The predicted molar refractivity (Wildman–Crippen MR) is 71.0 cm³/mol. The summed E-state index contributed by atoms with van der Waals surface area (Å²) in [5.74, 6) is -0.910. The van der Waals surface area contributed by atoms with Crippen molar-refractivity contribution in [1.82, 2.24) is 16.0 Å². The topological polar surface area (TPSA) is 90.5 Å². The third-order valence-corrected chi connectivity index (χ3v) is 4.14. The molecular weight excluding hydrogens is 246 g/mol. The van der Waals surface area contributed by atoms with Crippen LogP contribution in [-0.4, -0.2) is 41.8 Å². The second-order valence-electron chi connectivity index (χ2n) is 5.57. The molecule has 0 bridgehead atoms. The Hall–Kier alpha value is -1.30. The molecule has 0 aromatic rings. The van der Waals surface area contributed by atoms with E-state index >= 15 is 0 Å². The van der Waals surface area contributed by atoms with Crippen molar-refractivity contribution >= 4 is 12.0 Å². The van der Waals surface area contributed by atoms with Crippen molar-refractivity contribution in [3.05, 3.63) is 0 Å². The van der Waals surface area contributed by atoms with Crippen molar-refractivity contribution in [3.8, 4) is 0 Å². The van der Waals surface area contributed by atoms with Crippen molar-refractivity contribution in [2.24, 2.45) is 0 Å². The Morgan fingerprint density at radius 3 is 2.32 bits per heavy atom. The van der Waals surface area contributed by atoms with E-state index < -0.39 is 11.5 Å². The van der Waals surface area contributed by atoms with Crippen LogP contribution in [0, 0.1) is 0 Å². The first-order valence-electron chi connectivity index (χ1n) is 7.15. The number of carboxylic acids is 1. The second-order valence-corrected chi connectivity index (χ2v) is 5.57. The van der Waals surface area contributed by atoms with Crippen molar-refractivity contribution in [2.45, 2.75) is 56.5 Å². The summed E-state index contributed by atoms with van der Waals surface area (Å²) < 4.78 is 0. The number of nitrogens with one attached hydrogen (secondary N) is 3. The van der Waals surface area contributed by atoms with E-state index in [0.29, 0.717) is 12.8 Å². The van der Waals surface area contributed by atoms with E-state index in [2.05, 4.69) is 16.0 Å². The van der Waals surface area contributed by atoms with Gasteiger partial charge < -0.3 is 21.1 Å². The van der Waals surface area contributed by atoms with Crippen molar-refractivity contribution in [2.75, 3.05) is 13.1 Å². The number of aliphatic carboxylic acids is 1. The number of carbonyl (C=O) groups is 2. The molecule has 108 valence electrons. The number of amides is 2. The van der Waals surface area contributed by atoms with Gasteiger partial charge in [0.25, 0.3) is 0 Å². The first-order chi connectivity index (χ1) is 9.12. The van der Waals surface area contributed by atoms with Crippen molar-refractivity contribution in [3.63, 3.8) is 0 Å². The average molecular weight is 269 g/mol. The molecule has 0 radical (unpaired) electrons. The van der Waals surface area contributed by atoms with Crippen LogP contribution in [0.5, 0.6) is 0 Å². The summed E-state index contributed by atoms with van der Waals surface area (Å²) >= 11 is 0. The molecule has 0 spiro atoms. The Morgan fingerprint density at radius 1 is 1.11 bits per heavy atom. The SMILES string of the molecule is O=C(NC1CCNCC1)NC1(C(=O)O)CCCCC1. The molecular formula is C13H23N3O3. The minimum Gasteiger partial charge on any atom is -0.480 e. The van der Waals surface area contributed by atoms with Crippen LogP contribution in [0.3, 0.4) is 0 Å². The largest absolute Gasteiger partial charge is 0.480 e. The highest BCUT2D eigenvalue weighted by Crippen LogP contribution is 2.28. The fourth-order valence-corrected chi connectivity index (χ4v) is 2.95. The molecule has 0 atom stereocenters. The maximum absolute atomic E-state index is 12.0. The third-order valence-electron chi connectivity index (χ3n) is 4.14. The van der Waals surface area contributed by atoms with Crippen LogP contribution >= 0.6 is 0 Å². The lowest BCUT2D eigenvalue weighted by Gasteiger charge is -2.35. The van der Waals surface area contributed by atoms with Crippen molar-refractivity contribution < 1.29 is 14.7 Å². The van der Waals surface area contributed by atoms with Gasteiger partial charge in [0.05, 0.1) is 0 Å². The minimum atomic E-state index is -1.06. The van der Waals surface area contributed by atoms with Crippen LogP contribution in [0.4, 0.5) is 4.79 Å². The second kappa shape index (κ2) is 6.23. The Labute approximate surface area is 113 Å². The molecule has 6 nitrogen and oxygen atoms in total. The number of piperidine rings is 1. The fraction of sp³-hybridized carbons (Fsp3) is 0.846. The van der Waals surface area contributed by atoms with E-state index in [1.165, 1.54) is 0 Å². The first kappa shape index (κ1) is 14.1. The zero-order valence-corrected chi connectivity index (χ0v) is 11.2. The van der Waals surface area contributed by atoms with E-state index in [9.17, 15) is 14.7 Å². The van der Waals surface area contributed by atoms with Gasteiger partial charge in [-0.25, -0.2) is 9.59 Å². The summed E-state index contributed by atoms with van der Waals surface area (Å²) in [7, 11) is 0. The number of rotatable bonds is 3. The zero-order valence-electron chi connectivity index (χ0n) is 11.2. The van der Waals surface area contributed by atoms with Gasteiger partial charge in [-0.15, -0.1) is 0 Å². The van der Waals surface area contributed by atoms with E-state index in [1.807, 2.05) is 0 Å². The van der Waals surface area contributed by atoms with Crippen LogP contribution < -0.4 is 16.0 Å².